The number of nitriles is 1. The predicted octanol–water partition coefficient (Wildman–Crippen LogP) is 3.25. The smallest absolute Gasteiger partial charge is 0.112 e. The van der Waals surface area contributed by atoms with Gasteiger partial charge in [-0.25, -0.2) is 4.98 Å². The summed E-state index contributed by atoms with van der Waals surface area (Å²) >= 11 is 0. The molecule has 0 unspecified atom stereocenters. The summed E-state index contributed by atoms with van der Waals surface area (Å²) in [5.41, 5.74) is 2.79. The molecule has 3 heteroatoms. The fourth-order valence-corrected chi connectivity index (χ4v) is 2.37. The van der Waals surface area contributed by atoms with Crippen LogP contribution in [0.25, 0.3) is 11.0 Å². The van der Waals surface area contributed by atoms with Crippen LogP contribution in [0.15, 0.2) is 18.2 Å². The second-order valence-electron chi connectivity index (χ2n) is 5.74. The van der Waals surface area contributed by atoms with Crippen molar-refractivity contribution < 1.29 is 0 Å². The van der Waals surface area contributed by atoms with Gasteiger partial charge in [-0.2, -0.15) is 5.26 Å². The Morgan fingerprint density at radius 2 is 2.11 bits per heavy atom. The van der Waals surface area contributed by atoms with Gasteiger partial charge in [0.1, 0.15) is 5.82 Å². The number of imidazole rings is 1. The van der Waals surface area contributed by atoms with Crippen LogP contribution in [0.5, 0.6) is 0 Å². The predicted molar refractivity (Wildman–Crippen MR) is 71.3 cm³/mol. The summed E-state index contributed by atoms with van der Waals surface area (Å²) in [6.45, 7) is 3.90. The van der Waals surface area contributed by atoms with E-state index in [1.807, 2.05) is 26.0 Å². The van der Waals surface area contributed by atoms with Crippen LogP contribution < -0.4 is 0 Å². The molecule has 0 saturated heterocycles. The van der Waals surface area contributed by atoms with E-state index in [-0.39, 0.29) is 0 Å². The molecule has 1 fully saturated rings. The molecule has 0 spiro atoms. The Hall–Kier alpha value is -1.82. The molecule has 1 saturated carbocycles. The average Bonchev–Trinajstić information content (AvgIpc) is 3.15. The number of rotatable bonds is 2. The third-order valence-corrected chi connectivity index (χ3v) is 3.86. The first kappa shape index (κ1) is 11.3. The highest BCUT2D eigenvalue weighted by Crippen LogP contribution is 2.40. The molecule has 0 bridgehead atoms. The third-order valence-electron chi connectivity index (χ3n) is 3.86. The van der Waals surface area contributed by atoms with Gasteiger partial charge in [-0.3, -0.25) is 0 Å². The molecule has 92 valence electrons. The van der Waals surface area contributed by atoms with Crippen molar-refractivity contribution in [2.24, 2.45) is 7.05 Å². The highest BCUT2D eigenvalue weighted by atomic mass is 15.1. The van der Waals surface area contributed by atoms with Gasteiger partial charge in [-0.1, -0.05) is 6.07 Å². The van der Waals surface area contributed by atoms with Crippen LogP contribution in [0.2, 0.25) is 0 Å². The van der Waals surface area contributed by atoms with Gasteiger partial charge in [-0.15, -0.1) is 0 Å². The van der Waals surface area contributed by atoms with E-state index in [9.17, 15) is 5.26 Å². The second kappa shape index (κ2) is 3.58. The lowest BCUT2D eigenvalue weighted by Gasteiger charge is -2.15. The van der Waals surface area contributed by atoms with E-state index in [1.165, 1.54) is 18.7 Å². The van der Waals surface area contributed by atoms with Crippen LogP contribution >= 0.6 is 0 Å². The molecule has 0 N–H and O–H groups in total. The van der Waals surface area contributed by atoms with Crippen molar-refractivity contribution in [3.63, 3.8) is 0 Å². The van der Waals surface area contributed by atoms with Crippen LogP contribution in [0.4, 0.5) is 0 Å². The van der Waals surface area contributed by atoms with Crippen molar-refractivity contribution in [2.45, 2.75) is 38.0 Å². The summed E-state index contributed by atoms with van der Waals surface area (Å²) < 4.78 is 2.18. The number of fused-ring (bicyclic) bond motifs is 1. The van der Waals surface area contributed by atoms with Crippen LogP contribution in [0, 0.1) is 11.3 Å². The first-order chi connectivity index (χ1) is 8.53. The second-order valence-corrected chi connectivity index (χ2v) is 5.74. The minimum atomic E-state index is -0.446. The van der Waals surface area contributed by atoms with Gasteiger partial charge >= 0.3 is 0 Å². The maximum Gasteiger partial charge on any atom is 0.112 e. The molecule has 0 amide bonds. The van der Waals surface area contributed by atoms with Crippen molar-refractivity contribution in [3.8, 4) is 6.07 Å². The molecule has 1 aliphatic rings. The van der Waals surface area contributed by atoms with Gasteiger partial charge in [-0.05, 0) is 44.4 Å². The standard InChI is InChI=1S/C15H17N3/c1-15(2,9-16)11-6-7-12-13(8-11)18(3)14(17-12)10-4-5-10/h6-8,10H,4-5H2,1-3H3. The summed E-state index contributed by atoms with van der Waals surface area (Å²) in [6.07, 6.45) is 2.52. The van der Waals surface area contributed by atoms with Crippen LogP contribution in [0.1, 0.15) is 44.0 Å². The van der Waals surface area contributed by atoms with Crippen molar-refractivity contribution in [2.75, 3.05) is 0 Å². The lowest BCUT2D eigenvalue weighted by Crippen LogP contribution is -2.13. The van der Waals surface area contributed by atoms with Gasteiger partial charge in [0.2, 0.25) is 0 Å². The van der Waals surface area contributed by atoms with Gasteiger partial charge in [0.05, 0.1) is 22.5 Å². The molecule has 3 rings (SSSR count). The zero-order valence-electron chi connectivity index (χ0n) is 11.1. The van der Waals surface area contributed by atoms with Crippen molar-refractivity contribution >= 4 is 11.0 Å². The minimum absolute atomic E-state index is 0.446. The minimum Gasteiger partial charge on any atom is -0.331 e. The Morgan fingerprint density at radius 1 is 1.39 bits per heavy atom. The highest BCUT2D eigenvalue weighted by molar-refractivity contribution is 5.77. The number of nitrogens with zero attached hydrogens (tertiary/aromatic N) is 3. The molecule has 1 aromatic carbocycles. The largest absolute Gasteiger partial charge is 0.331 e. The SMILES string of the molecule is Cn1c(C2CC2)nc2ccc(C(C)(C)C#N)cc21. The molecule has 0 radical (unpaired) electrons. The number of hydrogen-bond acceptors (Lipinski definition) is 2. The van der Waals surface area contributed by atoms with Crippen molar-refractivity contribution in [1.82, 2.24) is 9.55 Å². The normalized spacial score (nSPS) is 15.9. The summed E-state index contributed by atoms with van der Waals surface area (Å²) in [4.78, 5) is 4.70. The molecule has 2 aromatic rings. The molecular weight excluding hydrogens is 222 g/mol. The van der Waals surface area contributed by atoms with Crippen molar-refractivity contribution in [3.05, 3.63) is 29.6 Å². The maximum atomic E-state index is 9.22. The molecular formula is C15H17N3. The Kier molecular flexibility index (Phi) is 2.25. The van der Waals surface area contributed by atoms with E-state index in [1.54, 1.807) is 0 Å². The molecule has 0 atom stereocenters. The monoisotopic (exact) mass is 239 g/mol. The molecule has 3 nitrogen and oxygen atoms in total. The summed E-state index contributed by atoms with van der Waals surface area (Å²) in [5.74, 6) is 1.84. The average molecular weight is 239 g/mol. The molecule has 1 heterocycles. The van der Waals surface area contributed by atoms with Gasteiger partial charge in [0.25, 0.3) is 0 Å². The van der Waals surface area contributed by atoms with E-state index in [0.717, 1.165) is 16.6 Å². The first-order valence-corrected chi connectivity index (χ1v) is 6.41. The summed E-state index contributed by atoms with van der Waals surface area (Å²) in [7, 11) is 2.08. The van der Waals surface area contributed by atoms with Gasteiger partial charge < -0.3 is 4.57 Å². The van der Waals surface area contributed by atoms with E-state index < -0.39 is 5.41 Å². The summed E-state index contributed by atoms with van der Waals surface area (Å²) in [6, 6.07) is 8.52. The quantitative estimate of drug-likeness (QED) is 0.807. The molecule has 1 aliphatic carbocycles. The lowest BCUT2D eigenvalue weighted by atomic mass is 9.86. The Bertz CT molecular complexity index is 654. The van der Waals surface area contributed by atoms with Crippen molar-refractivity contribution in [1.29, 1.82) is 5.26 Å². The lowest BCUT2D eigenvalue weighted by molar-refractivity contribution is 0.687. The summed E-state index contributed by atoms with van der Waals surface area (Å²) in [5, 5.41) is 9.22. The topological polar surface area (TPSA) is 41.6 Å². The van der Waals surface area contributed by atoms with Gasteiger partial charge in [0.15, 0.2) is 0 Å². The molecule has 1 aromatic heterocycles. The zero-order valence-corrected chi connectivity index (χ0v) is 11.1. The van der Waals surface area contributed by atoms with E-state index >= 15 is 0 Å². The number of benzene rings is 1. The van der Waals surface area contributed by atoms with Crippen LogP contribution in [0.3, 0.4) is 0 Å². The number of aromatic nitrogens is 2. The first-order valence-electron chi connectivity index (χ1n) is 6.41. The zero-order chi connectivity index (χ0) is 12.9. The highest BCUT2D eigenvalue weighted by Gasteiger charge is 2.29. The number of aryl methyl sites for hydroxylation is 1. The molecule has 18 heavy (non-hydrogen) atoms. The van der Waals surface area contributed by atoms with Crippen LogP contribution in [-0.2, 0) is 12.5 Å². The van der Waals surface area contributed by atoms with E-state index in [2.05, 4.69) is 23.8 Å². The fourth-order valence-electron chi connectivity index (χ4n) is 2.37. The Balaban J connectivity index is 2.17. The van der Waals surface area contributed by atoms with E-state index in [0.29, 0.717) is 5.92 Å². The van der Waals surface area contributed by atoms with Crippen LogP contribution in [-0.4, -0.2) is 9.55 Å². The van der Waals surface area contributed by atoms with Gasteiger partial charge in [0, 0.05) is 13.0 Å². The fraction of sp³-hybridized carbons (Fsp3) is 0.467. The third kappa shape index (κ3) is 1.60. The molecule has 0 aliphatic heterocycles. The maximum absolute atomic E-state index is 9.22. The number of hydrogen-bond donors (Lipinski definition) is 0. The Labute approximate surface area is 107 Å². The Morgan fingerprint density at radius 3 is 2.72 bits per heavy atom. The van der Waals surface area contributed by atoms with E-state index in [4.69, 9.17) is 4.98 Å².